The van der Waals surface area contributed by atoms with Crippen molar-refractivity contribution < 1.29 is 9.13 Å². The number of aryl methyl sites for hydroxylation is 1. The molecule has 0 saturated carbocycles. The Labute approximate surface area is 142 Å². The maximum atomic E-state index is 13.4. The molecule has 0 atom stereocenters. The van der Waals surface area contributed by atoms with E-state index in [1.807, 2.05) is 25.1 Å². The Bertz CT molecular complexity index is 761. The van der Waals surface area contributed by atoms with Crippen LogP contribution in [0.4, 0.5) is 4.39 Å². The topological polar surface area (TPSA) is 45.0 Å². The van der Waals surface area contributed by atoms with E-state index >= 15 is 0 Å². The van der Waals surface area contributed by atoms with Crippen LogP contribution in [0.15, 0.2) is 36.4 Å². The molecule has 0 bridgehead atoms. The van der Waals surface area contributed by atoms with E-state index < -0.39 is 0 Å². The molecule has 0 aliphatic carbocycles. The molecule has 0 radical (unpaired) electrons. The molecule has 0 aromatic heterocycles. The van der Waals surface area contributed by atoms with Crippen molar-refractivity contribution in [2.24, 2.45) is 0 Å². The van der Waals surface area contributed by atoms with E-state index in [-0.39, 0.29) is 11.9 Å². The number of halogens is 1. The van der Waals surface area contributed by atoms with E-state index in [2.05, 4.69) is 11.4 Å². The second-order valence-corrected chi connectivity index (χ2v) is 6.16. The van der Waals surface area contributed by atoms with Gasteiger partial charge in [0.2, 0.25) is 0 Å². The van der Waals surface area contributed by atoms with Gasteiger partial charge in [0, 0.05) is 5.56 Å². The Hall–Kier alpha value is -2.22. The van der Waals surface area contributed by atoms with Gasteiger partial charge in [0.15, 0.2) is 0 Å². The molecule has 4 heteroatoms. The van der Waals surface area contributed by atoms with Crippen LogP contribution in [0, 0.1) is 24.1 Å². The quantitative estimate of drug-likeness (QED) is 0.926. The number of rotatable bonds is 4. The fourth-order valence-corrected chi connectivity index (χ4v) is 3.19. The number of piperidine rings is 1. The third-order valence-corrected chi connectivity index (χ3v) is 4.52. The minimum absolute atomic E-state index is 0.222. The third-order valence-electron chi connectivity index (χ3n) is 4.52. The lowest BCUT2D eigenvalue weighted by atomic mass is 9.93. The normalized spacial score (nSPS) is 15.2. The largest absolute Gasteiger partial charge is 0.373 e. The number of nitrogens with zero attached hydrogens (tertiary/aromatic N) is 1. The number of hydrogen-bond acceptors (Lipinski definition) is 3. The molecular formula is C20H21FN2O. The highest BCUT2D eigenvalue weighted by Gasteiger charge is 2.17. The number of nitrogens with one attached hydrogen (secondary N) is 1. The lowest BCUT2D eigenvalue weighted by Crippen LogP contribution is -2.32. The second-order valence-electron chi connectivity index (χ2n) is 6.16. The van der Waals surface area contributed by atoms with Crippen molar-refractivity contribution in [1.29, 1.82) is 5.26 Å². The zero-order valence-corrected chi connectivity index (χ0v) is 13.8. The summed E-state index contributed by atoms with van der Waals surface area (Å²) in [5.74, 6) is -0.250. The molecule has 1 aliphatic rings. The molecule has 24 heavy (non-hydrogen) atoms. The highest BCUT2D eigenvalue weighted by Crippen LogP contribution is 2.30. The van der Waals surface area contributed by atoms with Gasteiger partial charge in [0.1, 0.15) is 5.82 Å². The molecule has 1 heterocycles. The summed E-state index contributed by atoms with van der Waals surface area (Å²) in [5, 5.41) is 12.8. The first kappa shape index (κ1) is 16.6. The summed E-state index contributed by atoms with van der Waals surface area (Å²) in [6, 6.07) is 12.7. The van der Waals surface area contributed by atoms with Gasteiger partial charge in [0.25, 0.3) is 0 Å². The highest BCUT2D eigenvalue weighted by molar-refractivity contribution is 5.72. The van der Waals surface area contributed by atoms with Crippen LogP contribution in [0.5, 0.6) is 0 Å². The van der Waals surface area contributed by atoms with Gasteiger partial charge in [-0.05, 0) is 67.7 Å². The number of benzene rings is 2. The summed E-state index contributed by atoms with van der Waals surface area (Å²) < 4.78 is 19.5. The Balaban J connectivity index is 1.92. The summed E-state index contributed by atoms with van der Waals surface area (Å²) >= 11 is 0. The standard InChI is InChI=1S/C20H21FN2O/c1-14-11-16(21)5-6-18(14)19-4-2-3-15(12-22)20(19)13-24-17-7-9-23-10-8-17/h2-6,11,17,23H,7-10,13H2,1H3. The predicted molar refractivity (Wildman–Crippen MR) is 92.0 cm³/mol. The van der Waals surface area contributed by atoms with E-state index in [0.29, 0.717) is 12.2 Å². The van der Waals surface area contributed by atoms with Crippen LogP contribution in [-0.4, -0.2) is 19.2 Å². The molecule has 1 fully saturated rings. The zero-order chi connectivity index (χ0) is 16.9. The average molecular weight is 324 g/mol. The molecular weight excluding hydrogens is 303 g/mol. The predicted octanol–water partition coefficient (Wildman–Crippen LogP) is 3.94. The van der Waals surface area contributed by atoms with Crippen molar-refractivity contribution in [3.8, 4) is 17.2 Å². The van der Waals surface area contributed by atoms with Crippen molar-refractivity contribution in [1.82, 2.24) is 5.32 Å². The zero-order valence-electron chi connectivity index (χ0n) is 13.8. The van der Waals surface area contributed by atoms with Crippen LogP contribution >= 0.6 is 0 Å². The van der Waals surface area contributed by atoms with Crippen LogP contribution in [0.3, 0.4) is 0 Å². The molecule has 2 aromatic rings. The Morgan fingerprint density at radius 1 is 1.21 bits per heavy atom. The maximum Gasteiger partial charge on any atom is 0.123 e. The highest BCUT2D eigenvalue weighted by atomic mass is 19.1. The van der Waals surface area contributed by atoms with Gasteiger partial charge >= 0.3 is 0 Å². The van der Waals surface area contributed by atoms with Gasteiger partial charge in [-0.2, -0.15) is 5.26 Å². The van der Waals surface area contributed by atoms with E-state index in [4.69, 9.17) is 4.74 Å². The molecule has 124 valence electrons. The van der Waals surface area contributed by atoms with Crippen LogP contribution in [0.2, 0.25) is 0 Å². The van der Waals surface area contributed by atoms with E-state index in [1.165, 1.54) is 12.1 Å². The second kappa shape index (κ2) is 7.57. The Morgan fingerprint density at radius 2 is 2.00 bits per heavy atom. The minimum Gasteiger partial charge on any atom is -0.373 e. The van der Waals surface area contributed by atoms with Gasteiger partial charge in [-0.25, -0.2) is 4.39 Å². The van der Waals surface area contributed by atoms with Crippen LogP contribution in [0.1, 0.15) is 29.5 Å². The molecule has 1 saturated heterocycles. The van der Waals surface area contributed by atoms with E-state index in [0.717, 1.165) is 48.2 Å². The molecule has 0 spiro atoms. The summed E-state index contributed by atoms with van der Waals surface area (Å²) in [5.41, 5.74) is 4.24. The lowest BCUT2D eigenvalue weighted by molar-refractivity contribution is 0.0213. The molecule has 1 N–H and O–H groups in total. The number of hydrogen-bond donors (Lipinski definition) is 1. The fourth-order valence-electron chi connectivity index (χ4n) is 3.19. The summed E-state index contributed by atoms with van der Waals surface area (Å²) in [6.07, 6.45) is 2.19. The number of nitriles is 1. The van der Waals surface area contributed by atoms with E-state index in [9.17, 15) is 9.65 Å². The monoisotopic (exact) mass is 324 g/mol. The summed E-state index contributed by atoms with van der Waals surface area (Å²) in [7, 11) is 0. The first-order valence-corrected chi connectivity index (χ1v) is 8.30. The molecule has 0 unspecified atom stereocenters. The SMILES string of the molecule is Cc1cc(F)ccc1-c1cccc(C#N)c1COC1CCNCC1. The fraction of sp³-hybridized carbons (Fsp3) is 0.350. The first-order chi connectivity index (χ1) is 11.7. The van der Waals surface area contributed by atoms with Gasteiger partial charge in [0.05, 0.1) is 24.3 Å². The summed E-state index contributed by atoms with van der Waals surface area (Å²) in [6.45, 7) is 4.22. The van der Waals surface area contributed by atoms with Crippen LogP contribution < -0.4 is 5.32 Å². The maximum absolute atomic E-state index is 13.4. The minimum atomic E-state index is -0.250. The Kier molecular flexibility index (Phi) is 5.24. The van der Waals surface area contributed by atoms with Gasteiger partial charge in [-0.1, -0.05) is 18.2 Å². The van der Waals surface area contributed by atoms with Crippen molar-refractivity contribution in [3.63, 3.8) is 0 Å². The molecule has 3 nitrogen and oxygen atoms in total. The van der Waals surface area contributed by atoms with E-state index in [1.54, 1.807) is 6.07 Å². The smallest absolute Gasteiger partial charge is 0.123 e. The van der Waals surface area contributed by atoms with Crippen LogP contribution in [-0.2, 0) is 11.3 Å². The van der Waals surface area contributed by atoms with Crippen molar-refractivity contribution in [2.75, 3.05) is 13.1 Å². The number of ether oxygens (including phenoxy) is 1. The molecule has 2 aromatic carbocycles. The van der Waals surface area contributed by atoms with Gasteiger partial charge in [-0.3, -0.25) is 0 Å². The lowest BCUT2D eigenvalue weighted by Gasteiger charge is -2.24. The first-order valence-electron chi connectivity index (χ1n) is 8.30. The molecule has 3 rings (SSSR count). The van der Waals surface area contributed by atoms with Crippen molar-refractivity contribution >= 4 is 0 Å². The van der Waals surface area contributed by atoms with Crippen molar-refractivity contribution in [2.45, 2.75) is 32.5 Å². The van der Waals surface area contributed by atoms with Crippen molar-refractivity contribution in [3.05, 3.63) is 58.9 Å². The third kappa shape index (κ3) is 3.64. The van der Waals surface area contributed by atoms with Gasteiger partial charge in [-0.15, -0.1) is 0 Å². The Morgan fingerprint density at radius 3 is 2.71 bits per heavy atom. The molecule has 1 aliphatic heterocycles. The van der Waals surface area contributed by atoms with Gasteiger partial charge < -0.3 is 10.1 Å². The molecule has 0 amide bonds. The van der Waals surface area contributed by atoms with Crippen LogP contribution in [0.25, 0.3) is 11.1 Å². The summed E-state index contributed by atoms with van der Waals surface area (Å²) in [4.78, 5) is 0. The average Bonchev–Trinajstić information content (AvgIpc) is 2.61.